The van der Waals surface area contributed by atoms with Crippen molar-refractivity contribution in [2.75, 3.05) is 44.9 Å². The Morgan fingerprint density at radius 3 is 2.68 bits per heavy atom. The van der Waals surface area contributed by atoms with Crippen LogP contribution in [0.1, 0.15) is 35.1 Å². The number of carbonyl (C=O) groups excluding carboxylic acids is 1. The summed E-state index contributed by atoms with van der Waals surface area (Å²) in [6, 6.07) is 12.9. The summed E-state index contributed by atoms with van der Waals surface area (Å²) in [5, 5.41) is 0.291. The third-order valence-corrected chi connectivity index (χ3v) is 9.88. The standard InChI is InChI=1S/C34H33ClF2N4O6/c1-34(22-7-6-20(35)14-23(22)36)46-29-5-3-4-25(32(29)47-34)40-10-9-39(27-17-44-18-28(27)40)16-30-38-31-24(37)12-19(33(42)43-2)13-26(31)41(30)15-21-8-11-45-21/h3-7,12-14,21,27-28H,8-11,15-18H2,1-2H3/t21-,27+,28-,34+/m0/s1. The molecule has 10 nitrogen and oxygen atoms in total. The Bertz CT molecular complexity index is 1890. The lowest BCUT2D eigenvalue weighted by Crippen LogP contribution is -2.59. The van der Waals surface area contributed by atoms with Gasteiger partial charge in [0.1, 0.15) is 17.2 Å². The van der Waals surface area contributed by atoms with Crippen LogP contribution >= 0.6 is 11.6 Å². The second-order valence-electron chi connectivity index (χ2n) is 12.5. The molecule has 3 aromatic carbocycles. The summed E-state index contributed by atoms with van der Waals surface area (Å²) in [6.45, 7) is 5.64. The van der Waals surface area contributed by atoms with Crippen molar-refractivity contribution in [1.82, 2.24) is 14.5 Å². The van der Waals surface area contributed by atoms with E-state index in [0.717, 1.165) is 12.1 Å². The number of benzene rings is 3. The van der Waals surface area contributed by atoms with E-state index >= 15 is 4.39 Å². The highest BCUT2D eigenvalue weighted by molar-refractivity contribution is 6.30. The van der Waals surface area contributed by atoms with Crippen molar-refractivity contribution in [3.05, 3.63) is 82.1 Å². The molecule has 47 heavy (non-hydrogen) atoms. The number of para-hydroxylation sites is 1. The molecule has 0 unspecified atom stereocenters. The van der Waals surface area contributed by atoms with Crippen molar-refractivity contribution >= 4 is 34.3 Å². The van der Waals surface area contributed by atoms with E-state index in [0.29, 0.717) is 73.9 Å². The molecule has 4 atom stereocenters. The lowest BCUT2D eigenvalue weighted by atomic mass is 10.0. The molecule has 0 amide bonds. The summed E-state index contributed by atoms with van der Waals surface area (Å²) in [6.07, 6.45) is 0.886. The van der Waals surface area contributed by atoms with Crippen LogP contribution in [0.4, 0.5) is 14.5 Å². The van der Waals surface area contributed by atoms with E-state index in [9.17, 15) is 9.18 Å². The van der Waals surface area contributed by atoms with Gasteiger partial charge in [-0.15, -0.1) is 0 Å². The van der Waals surface area contributed by atoms with Crippen LogP contribution in [0.2, 0.25) is 5.02 Å². The minimum Gasteiger partial charge on any atom is -0.465 e. The van der Waals surface area contributed by atoms with E-state index in [1.165, 1.54) is 19.2 Å². The molecule has 0 radical (unpaired) electrons. The Kier molecular flexibility index (Phi) is 7.51. The number of methoxy groups -OCH3 is 1. The second kappa shape index (κ2) is 11.6. The zero-order valence-electron chi connectivity index (χ0n) is 25.9. The van der Waals surface area contributed by atoms with E-state index < -0.39 is 23.4 Å². The highest BCUT2D eigenvalue weighted by Gasteiger charge is 2.46. The molecule has 0 saturated carbocycles. The number of halogens is 3. The van der Waals surface area contributed by atoms with Crippen molar-refractivity contribution in [3.63, 3.8) is 0 Å². The molecule has 3 saturated heterocycles. The van der Waals surface area contributed by atoms with Crippen LogP contribution in [-0.2, 0) is 33.1 Å². The first kappa shape index (κ1) is 30.4. The van der Waals surface area contributed by atoms with Crippen LogP contribution in [0.15, 0.2) is 48.5 Å². The number of anilines is 1. The maximum atomic E-state index is 15.3. The molecule has 0 spiro atoms. The van der Waals surface area contributed by atoms with Gasteiger partial charge in [-0.3, -0.25) is 4.90 Å². The average Bonchev–Trinajstić information content (AvgIpc) is 3.74. The zero-order valence-corrected chi connectivity index (χ0v) is 26.6. The van der Waals surface area contributed by atoms with Crippen molar-refractivity contribution < 1.29 is 37.3 Å². The van der Waals surface area contributed by atoms with Crippen LogP contribution in [0.3, 0.4) is 0 Å². The van der Waals surface area contributed by atoms with E-state index in [1.807, 2.05) is 22.8 Å². The van der Waals surface area contributed by atoms with Crippen molar-refractivity contribution in [1.29, 1.82) is 0 Å². The molecule has 13 heteroatoms. The molecule has 0 aliphatic carbocycles. The summed E-state index contributed by atoms with van der Waals surface area (Å²) < 4.78 is 61.5. The molecular formula is C34H33ClF2N4O6. The molecule has 0 N–H and O–H groups in total. The summed E-state index contributed by atoms with van der Waals surface area (Å²) in [7, 11) is 1.27. The number of hydrogen-bond acceptors (Lipinski definition) is 9. The van der Waals surface area contributed by atoms with E-state index in [-0.39, 0.29) is 34.8 Å². The van der Waals surface area contributed by atoms with Gasteiger partial charge >= 0.3 is 5.97 Å². The third kappa shape index (κ3) is 5.18. The SMILES string of the molecule is COC(=O)c1cc(F)c2nc(CN3CCN(c4cccc5c4O[C@](C)(c4ccc(Cl)cc4F)O5)[C@H]4COC[C@H]43)n(C[C@@H]3CCO3)c2c1. The predicted molar refractivity (Wildman–Crippen MR) is 168 cm³/mol. The highest BCUT2D eigenvalue weighted by Crippen LogP contribution is 2.51. The van der Waals surface area contributed by atoms with Gasteiger partial charge in [0.2, 0.25) is 0 Å². The number of ether oxygens (including phenoxy) is 5. The maximum Gasteiger partial charge on any atom is 0.338 e. The second-order valence-corrected chi connectivity index (χ2v) is 12.9. The summed E-state index contributed by atoms with van der Waals surface area (Å²) in [5.41, 5.74) is 1.97. The number of esters is 1. The molecular weight excluding hydrogens is 634 g/mol. The van der Waals surface area contributed by atoms with Crippen LogP contribution in [0.5, 0.6) is 11.5 Å². The fourth-order valence-electron chi connectivity index (χ4n) is 7.15. The smallest absolute Gasteiger partial charge is 0.338 e. The van der Waals surface area contributed by atoms with Gasteiger partial charge in [-0.2, -0.15) is 0 Å². The number of rotatable bonds is 7. The molecule has 4 aromatic rings. The lowest BCUT2D eigenvalue weighted by Gasteiger charge is -2.44. The van der Waals surface area contributed by atoms with Gasteiger partial charge in [-0.1, -0.05) is 17.7 Å². The van der Waals surface area contributed by atoms with Gasteiger partial charge in [0.15, 0.2) is 17.3 Å². The molecule has 1 aromatic heterocycles. The van der Waals surface area contributed by atoms with Gasteiger partial charge in [0.25, 0.3) is 5.79 Å². The topological polar surface area (TPSA) is 87.5 Å². The number of carbonyl (C=O) groups is 1. The minimum absolute atomic E-state index is 0.00529. The first-order chi connectivity index (χ1) is 22.7. The first-order valence-corrected chi connectivity index (χ1v) is 16.0. The Morgan fingerprint density at radius 1 is 1.09 bits per heavy atom. The normalized spacial score (nSPS) is 25.2. The molecule has 8 rings (SSSR count). The van der Waals surface area contributed by atoms with Gasteiger partial charge in [0.05, 0.1) is 73.9 Å². The monoisotopic (exact) mass is 666 g/mol. The Hall–Kier alpha value is -3.97. The fourth-order valence-corrected chi connectivity index (χ4v) is 7.31. The molecule has 0 bridgehead atoms. The van der Waals surface area contributed by atoms with Crippen LogP contribution in [0.25, 0.3) is 11.0 Å². The number of piperazine rings is 1. The van der Waals surface area contributed by atoms with Gasteiger partial charge in [-0.25, -0.2) is 18.6 Å². The van der Waals surface area contributed by atoms with E-state index in [2.05, 4.69) is 9.80 Å². The van der Waals surface area contributed by atoms with Gasteiger partial charge < -0.3 is 33.2 Å². The summed E-state index contributed by atoms with van der Waals surface area (Å²) in [5.74, 6) is -1.30. The highest BCUT2D eigenvalue weighted by atomic mass is 35.5. The van der Waals surface area contributed by atoms with Gasteiger partial charge in [0, 0.05) is 31.6 Å². The van der Waals surface area contributed by atoms with Crippen molar-refractivity contribution in [3.8, 4) is 11.5 Å². The number of imidazole rings is 1. The quantitative estimate of drug-likeness (QED) is 0.245. The van der Waals surface area contributed by atoms with Gasteiger partial charge in [-0.05, 0) is 48.9 Å². The Balaban J connectivity index is 1.08. The van der Waals surface area contributed by atoms with Crippen LogP contribution in [-0.4, -0.2) is 78.6 Å². The molecule has 5 heterocycles. The molecule has 3 fully saturated rings. The number of aromatic nitrogens is 2. The fraction of sp³-hybridized carbons (Fsp3) is 0.412. The maximum absolute atomic E-state index is 15.3. The zero-order chi connectivity index (χ0) is 32.4. The Labute approximate surface area is 274 Å². The number of fused-ring (bicyclic) bond motifs is 3. The average molecular weight is 667 g/mol. The molecule has 246 valence electrons. The summed E-state index contributed by atoms with van der Waals surface area (Å²) in [4.78, 5) is 21.6. The lowest BCUT2D eigenvalue weighted by molar-refractivity contribution is -0.0705. The van der Waals surface area contributed by atoms with E-state index in [4.69, 9.17) is 40.3 Å². The van der Waals surface area contributed by atoms with Crippen molar-refractivity contribution in [2.45, 2.75) is 50.4 Å². The van der Waals surface area contributed by atoms with Crippen LogP contribution < -0.4 is 14.4 Å². The summed E-state index contributed by atoms with van der Waals surface area (Å²) >= 11 is 6.00. The number of hydrogen-bond donors (Lipinski definition) is 0. The first-order valence-electron chi connectivity index (χ1n) is 15.7. The van der Waals surface area contributed by atoms with Crippen molar-refractivity contribution in [2.24, 2.45) is 0 Å². The van der Waals surface area contributed by atoms with Crippen LogP contribution in [0, 0.1) is 11.6 Å². The predicted octanol–water partition coefficient (Wildman–Crippen LogP) is 5.28. The number of nitrogens with zero attached hydrogens (tertiary/aromatic N) is 4. The van der Waals surface area contributed by atoms with E-state index in [1.54, 1.807) is 25.1 Å². The Morgan fingerprint density at radius 2 is 1.91 bits per heavy atom. The largest absolute Gasteiger partial charge is 0.465 e. The molecule has 4 aliphatic heterocycles. The minimum atomic E-state index is -1.37. The third-order valence-electron chi connectivity index (χ3n) is 9.64. The molecule has 4 aliphatic rings.